The minimum atomic E-state index is 0.164. The van der Waals surface area contributed by atoms with E-state index in [0.717, 1.165) is 57.4 Å². The van der Waals surface area contributed by atoms with E-state index in [1.807, 2.05) is 17.0 Å². The maximum absolute atomic E-state index is 13.0. The van der Waals surface area contributed by atoms with Gasteiger partial charge in [-0.2, -0.15) is 4.98 Å². The number of rotatable bonds is 5. The lowest BCUT2D eigenvalue weighted by Gasteiger charge is -2.35. The van der Waals surface area contributed by atoms with Crippen molar-refractivity contribution in [1.29, 1.82) is 0 Å². The zero-order chi connectivity index (χ0) is 23.6. The predicted octanol–water partition coefficient (Wildman–Crippen LogP) is 2.83. The van der Waals surface area contributed by atoms with E-state index in [9.17, 15) is 9.59 Å². The number of aromatic nitrogens is 3. The minimum absolute atomic E-state index is 0.164. The molecule has 0 aromatic carbocycles. The van der Waals surface area contributed by atoms with E-state index in [4.69, 9.17) is 4.52 Å². The van der Waals surface area contributed by atoms with Crippen LogP contribution >= 0.6 is 0 Å². The van der Waals surface area contributed by atoms with E-state index in [1.54, 1.807) is 12.4 Å². The van der Waals surface area contributed by atoms with Crippen molar-refractivity contribution in [2.24, 2.45) is 0 Å². The normalized spacial score (nSPS) is 21.0. The Morgan fingerprint density at radius 1 is 1.06 bits per heavy atom. The summed E-state index contributed by atoms with van der Waals surface area (Å²) in [5.74, 6) is 1.45. The van der Waals surface area contributed by atoms with Gasteiger partial charge in [0.15, 0.2) is 0 Å². The second kappa shape index (κ2) is 12.6. The van der Waals surface area contributed by atoms with E-state index in [0.29, 0.717) is 50.0 Å². The van der Waals surface area contributed by atoms with Gasteiger partial charge >= 0.3 is 0 Å². The molecular weight excluding hydrogens is 432 g/mol. The van der Waals surface area contributed by atoms with Crippen molar-refractivity contribution < 1.29 is 14.1 Å². The number of hydrogen-bond donors (Lipinski definition) is 1. The molecule has 34 heavy (non-hydrogen) atoms. The number of fused-ring (bicyclic) bond motifs is 1. The SMILES string of the molecule is O=C1CC2CCCCN2CCCN(C(=O)CCCc2nc(-c3ccncc3)no2)CCCCN1. The van der Waals surface area contributed by atoms with E-state index >= 15 is 0 Å². The van der Waals surface area contributed by atoms with Crippen LogP contribution < -0.4 is 5.32 Å². The number of aryl methyl sites for hydroxylation is 1. The monoisotopic (exact) mass is 468 g/mol. The molecule has 0 bridgehead atoms. The number of carbonyl (C=O) groups is 2. The maximum Gasteiger partial charge on any atom is 0.226 e. The molecule has 4 rings (SSSR count). The molecule has 2 aliphatic heterocycles. The molecule has 2 amide bonds. The summed E-state index contributed by atoms with van der Waals surface area (Å²) in [5.41, 5.74) is 0.864. The Balaban J connectivity index is 1.27. The van der Waals surface area contributed by atoms with Crippen molar-refractivity contribution in [3.8, 4) is 11.4 Å². The summed E-state index contributed by atoms with van der Waals surface area (Å²) in [6.07, 6.45) is 11.9. The van der Waals surface area contributed by atoms with Crippen molar-refractivity contribution in [2.45, 2.75) is 70.3 Å². The molecule has 1 unspecified atom stereocenters. The highest BCUT2D eigenvalue weighted by Crippen LogP contribution is 2.20. The van der Waals surface area contributed by atoms with Crippen LogP contribution in [0.4, 0.5) is 0 Å². The Labute approximate surface area is 201 Å². The second-order valence-electron chi connectivity index (χ2n) is 9.28. The highest BCUT2D eigenvalue weighted by molar-refractivity contribution is 5.76. The lowest BCUT2D eigenvalue weighted by atomic mass is 9.98. The first kappa shape index (κ1) is 24.3. The van der Waals surface area contributed by atoms with Crippen molar-refractivity contribution in [1.82, 2.24) is 30.2 Å². The Hall–Kier alpha value is -2.81. The molecule has 0 spiro atoms. The van der Waals surface area contributed by atoms with Gasteiger partial charge in [-0.25, -0.2) is 0 Å². The summed E-state index contributed by atoms with van der Waals surface area (Å²) in [4.78, 5) is 38.2. The first-order valence-electron chi connectivity index (χ1n) is 12.7. The largest absolute Gasteiger partial charge is 0.356 e. The van der Waals surface area contributed by atoms with Crippen LogP contribution in [-0.4, -0.2) is 75.5 Å². The highest BCUT2D eigenvalue weighted by atomic mass is 16.5. The molecular formula is C25H36N6O3. The van der Waals surface area contributed by atoms with Crippen molar-refractivity contribution >= 4 is 11.8 Å². The summed E-state index contributed by atoms with van der Waals surface area (Å²) in [7, 11) is 0. The van der Waals surface area contributed by atoms with Gasteiger partial charge in [-0.05, 0) is 57.2 Å². The number of pyridine rings is 1. The van der Waals surface area contributed by atoms with E-state index in [-0.39, 0.29) is 11.8 Å². The quantitative estimate of drug-likeness (QED) is 0.719. The highest BCUT2D eigenvalue weighted by Gasteiger charge is 2.25. The number of amides is 2. The molecule has 0 radical (unpaired) electrons. The third kappa shape index (κ3) is 7.09. The molecule has 2 aliphatic rings. The van der Waals surface area contributed by atoms with Gasteiger partial charge < -0.3 is 14.7 Å². The van der Waals surface area contributed by atoms with E-state index in [2.05, 4.69) is 25.3 Å². The average Bonchev–Trinajstić information content (AvgIpc) is 3.33. The van der Waals surface area contributed by atoms with Gasteiger partial charge in [0, 0.05) is 69.4 Å². The fraction of sp³-hybridized carbons (Fsp3) is 0.640. The smallest absolute Gasteiger partial charge is 0.226 e. The van der Waals surface area contributed by atoms with E-state index in [1.165, 1.54) is 12.8 Å². The maximum atomic E-state index is 13.0. The first-order chi connectivity index (χ1) is 16.7. The summed E-state index contributed by atoms with van der Waals surface area (Å²) in [6.45, 7) is 4.20. The zero-order valence-corrected chi connectivity index (χ0v) is 20.0. The lowest BCUT2D eigenvalue weighted by molar-refractivity contribution is -0.131. The van der Waals surface area contributed by atoms with Gasteiger partial charge in [0.2, 0.25) is 23.5 Å². The zero-order valence-electron chi connectivity index (χ0n) is 20.0. The number of hydrogen-bond acceptors (Lipinski definition) is 7. The van der Waals surface area contributed by atoms with Crippen LogP contribution in [0.1, 0.15) is 63.7 Å². The first-order valence-corrected chi connectivity index (χ1v) is 12.7. The number of nitrogens with zero attached hydrogens (tertiary/aromatic N) is 5. The molecule has 2 aromatic rings. The molecule has 2 saturated heterocycles. The van der Waals surface area contributed by atoms with Crippen molar-refractivity contribution in [3.63, 3.8) is 0 Å². The third-order valence-electron chi connectivity index (χ3n) is 6.76. The molecule has 1 N–H and O–H groups in total. The molecule has 4 heterocycles. The van der Waals surface area contributed by atoms with Crippen LogP contribution in [0, 0.1) is 0 Å². The van der Waals surface area contributed by atoms with Gasteiger partial charge in [-0.15, -0.1) is 0 Å². The molecule has 1 atom stereocenters. The molecule has 9 heteroatoms. The van der Waals surface area contributed by atoms with Crippen LogP contribution in [0.3, 0.4) is 0 Å². The Morgan fingerprint density at radius 3 is 2.74 bits per heavy atom. The number of carbonyl (C=O) groups excluding carboxylic acids is 2. The average molecular weight is 469 g/mol. The second-order valence-corrected chi connectivity index (χ2v) is 9.28. The summed E-state index contributed by atoms with van der Waals surface area (Å²) in [5, 5.41) is 7.10. The molecule has 0 saturated carbocycles. The van der Waals surface area contributed by atoms with Crippen LogP contribution in [0.2, 0.25) is 0 Å². The van der Waals surface area contributed by atoms with Crippen LogP contribution in [0.5, 0.6) is 0 Å². The van der Waals surface area contributed by atoms with Gasteiger partial charge in [0.1, 0.15) is 0 Å². The van der Waals surface area contributed by atoms with Gasteiger partial charge in [0.05, 0.1) is 0 Å². The fourth-order valence-electron chi connectivity index (χ4n) is 4.88. The topological polar surface area (TPSA) is 104 Å². The number of nitrogens with one attached hydrogen (secondary N) is 1. The van der Waals surface area contributed by atoms with Gasteiger partial charge in [-0.3, -0.25) is 19.5 Å². The molecule has 9 nitrogen and oxygen atoms in total. The third-order valence-corrected chi connectivity index (χ3v) is 6.76. The molecule has 2 fully saturated rings. The van der Waals surface area contributed by atoms with Gasteiger partial charge in [0.25, 0.3) is 0 Å². The molecule has 184 valence electrons. The standard InChI is InChI=1S/C25H36N6O3/c32-22-19-21-7-1-3-15-30(21)17-6-18-31(16-4-2-12-27-22)24(33)9-5-8-23-28-25(29-34-23)20-10-13-26-14-11-20/h10-11,13-14,21H,1-9,12,15-19H2,(H,27,32). The molecule has 0 aliphatic carbocycles. The minimum Gasteiger partial charge on any atom is -0.356 e. The fourth-order valence-corrected chi connectivity index (χ4v) is 4.88. The molecule has 2 aromatic heterocycles. The van der Waals surface area contributed by atoms with Crippen LogP contribution in [-0.2, 0) is 16.0 Å². The van der Waals surface area contributed by atoms with Crippen molar-refractivity contribution in [3.05, 3.63) is 30.4 Å². The number of piperidine rings is 1. The summed E-state index contributed by atoms with van der Waals surface area (Å²) >= 11 is 0. The van der Waals surface area contributed by atoms with Crippen molar-refractivity contribution in [2.75, 3.05) is 32.7 Å². The van der Waals surface area contributed by atoms with Crippen LogP contribution in [0.25, 0.3) is 11.4 Å². The summed E-state index contributed by atoms with van der Waals surface area (Å²) < 4.78 is 5.36. The van der Waals surface area contributed by atoms with E-state index < -0.39 is 0 Å². The van der Waals surface area contributed by atoms with Crippen LogP contribution in [0.15, 0.2) is 29.0 Å². The lowest BCUT2D eigenvalue weighted by Crippen LogP contribution is -2.44. The Morgan fingerprint density at radius 2 is 1.85 bits per heavy atom. The van der Waals surface area contributed by atoms with Gasteiger partial charge in [-0.1, -0.05) is 11.6 Å². The Kier molecular flexibility index (Phi) is 9.01. The predicted molar refractivity (Wildman–Crippen MR) is 128 cm³/mol. The summed E-state index contributed by atoms with van der Waals surface area (Å²) in [6, 6.07) is 4.02. The Bertz CT molecular complexity index is 918.